The Balaban J connectivity index is 3.29. The molecule has 0 saturated carbocycles. The van der Waals surface area contributed by atoms with E-state index in [0.29, 0.717) is 30.6 Å². The quantitative estimate of drug-likeness (QED) is 0.258. The number of alkyl carbamates (subject to hydrolysis) is 1. The van der Waals surface area contributed by atoms with Gasteiger partial charge in [-0.1, -0.05) is 32.8 Å². The average molecular weight is 496 g/mol. The molecule has 0 aliphatic carbocycles. The lowest BCUT2D eigenvalue weighted by molar-refractivity contribution is -0.142. The fourth-order valence-corrected chi connectivity index (χ4v) is 3.70. The van der Waals surface area contributed by atoms with Gasteiger partial charge in [0.05, 0.1) is 0 Å². The first-order valence-electron chi connectivity index (χ1n) is 11.9. The number of ether oxygens (including phenoxy) is 1. The van der Waals surface area contributed by atoms with E-state index < -0.39 is 29.7 Å². The van der Waals surface area contributed by atoms with Crippen molar-refractivity contribution in [1.82, 2.24) is 15.5 Å². The van der Waals surface area contributed by atoms with E-state index >= 15 is 0 Å². The Hall–Kier alpha value is -2.42. The number of hydrogen-bond acceptors (Lipinski definition) is 6. The lowest BCUT2D eigenvalue weighted by Gasteiger charge is -2.34. The smallest absolute Gasteiger partial charge is 0.408 e. The number of amides is 3. The normalized spacial score (nSPS) is 13.0. The van der Waals surface area contributed by atoms with Crippen LogP contribution >= 0.6 is 12.6 Å². The Morgan fingerprint density at radius 1 is 1.15 bits per heavy atom. The average Bonchev–Trinajstić information content (AvgIpc) is 2.75. The highest BCUT2D eigenvalue weighted by Gasteiger charge is 2.35. The monoisotopic (exact) mass is 495 g/mol. The number of carbonyl (C=O) groups excluding carboxylic acids is 3. The molecule has 0 aliphatic heterocycles. The summed E-state index contributed by atoms with van der Waals surface area (Å²) < 4.78 is 5.30. The molecule has 2 atom stereocenters. The van der Waals surface area contributed by atoms with Gasteiger partial charge in [0.1, 0.15) is 23.4 Å². The minimum atomic E-state index is -0.974. The van der Waals surface area contributed by atoms with Gasteiger partial charge in [-0.3, -0.25) is 9.59 Å². The zero-order valence-electron chi connectivity index (χ0n) is 21.3. The minimum absolute atomic E-state index is 0.0394. The SMILES string of the molecule is CCCCCNC(=O)C(c1ccc(O)c(C)c1)N(CCC)C(=O)C(CS)NC(=O)OC(C)(C)C. The van der Waals surface area contributed by atoms with Crippen molar-refractivity contribution >= 4 is 30.5 Å². The van der Waals surface area contributed by atoms with Crippen molar-refractivity contribution in [2.75, 3.05) is 18.8 Å². The predicted octanol–water partition coefficient (Wildman–Crippen LogP) is 4.11. The van der Waals surface area contributed by atoms with Crippen LogP contribution < -0.4 is 10.6 Å². The molecule has 1 rings (SSSR count). The predicted molar refractivity (Wildman–Crippen MR) is 137 cm³/mol. The second kappa shape index (κ2) is 14.1. The van der Waals surface area contributed by atoms with E-state index in [1.807, 2.05) is 6.92 Å². The number of aryl methyl sites for hydroxylation is 1. The molecule has 0 saturated heterocycles. The topological polar surface area (TPSA) is 108 Å². The molecule has 8 nitrogen and oxygen atoms in total. The molecule has 0 aliphatic rings. The van der Waals surface area contributed by atoms with E-state index in [4.69, 9.17) is 4.74 Å². The fraction of sp³-hybridized carbons (Fsp3) is 0.640. The van der Waals surface area contributed by atoms with E-state index in [9.17, 15) is 19.5 Å². The second-order valence-corrected chi connectivity index (χ2v) is 9.72. The Labute approximate surface area is 209 Å². The molecule has 0 fully saturated rings. The summed E-state index contributed by atoms with van der Waals surface area (Å²) in [7, 11) is 0. The molecule has 0 spiro atoms. The fourth-order valence-electron chi connectivity index (χ4n) is 3.45. The molecule has 0 bridgehead atoms. The zero-order valence-corrected chi connectivity index (χ0v) is 22.2. The van der Waals surface area contributed by atoms with E-state index in [2.05, 4.69) is 30.2 Å². The van der Waals surface area contributed by atoms with Crippen LogP contribution in [0, 0.1) is 6.92 Å². The van der Waals surface area contributed by atoms with Crippen molar-refractivity contribution in [3.63, 3.8) is 0 Å². The van der Waals surface area contributed by atoms with E-state index in [1.165, 1.54) is 11.0 Å². The minimum Gasteiger partial charge on any atom is -0.508 e. The van der Waals surface area contributed by atoms with Crippen LogP contribution in [-0.4, -0.2) is 58.4 Å². The third-order valence-electron chi connectivity index (χ3n) is 5.10. The maximum Gasteiger partial charge on any atom is 0.408 e. The largest absolute Gasteiger partial charge is 0.508 e. The third-order valence-corrected chi connectivity index (χ3v) is 5.46. The molecular formula is C25H41N3O5S. The summed E-state index contributed by atoms with van der Waals surface area (Å²) in [4.78, 5) is 40.7. The summed E-state index contributed by atoms with van der Waals surface area (Å²) in [5.74, 6) is -0.586. The van der Waals surface area contributed by atoms with Gasteiger partial charge >= 0.3 is 6.09 Å². The van der Waals surface area contributed by atoms with E-state index in [-0.39, 0.29) is 17.4 Å². The summed E-state index contributed by atoms with van der Waals surface area (Å²) in [5.41, 5.74) is 0.463. The van der Waals surface area contributed by atoms with Crippen molar-refractivity contribution in [3.05, 3.63) is 29.3 Å². The Morgan fingerprint density at radius 3 is 2.35 bits per heavy atom. The Morgan fingerprint density at radius 2 is 1.82 bits per heavy atom. The number of nitrogens with one attached hydrogen (secondary N) is 2. The molecule has 1 aromatic carbocycles. The number of thiol groups is 1. The van der Waals surface area contributed by atoms with Gasteiger partial charge in [0, 0.05) is 18.8 Å². The molecule has 34 heavy (non-hydrogen) atoms. The van der Waals surface area contributed by atoms with Crippen LogP contribution in [0.3, 0.4) is 0 Å². The Bertz CT molecular complexity index is 825. The molecule has 3 amide bonds. The highest BCUT2D eigenvalue weighted by Crippen LogP contribution is 2.27. The van der Waals surface area contributed by atoms with Gasteiger partial charge in [-0.15, -0.1) is 0 Å². The number of hydrogen-bond donors (Lipinski definition) is 4. The molecule has 0 radical (unpaired) electrons. The number of nitrogens with zero attached hydrogens (tertiary/aromatic N) is 1. The van der Waals surface area contributed by atoms with Crippen molar-refractivity contribution < 1.29 is 24.2 Å². The first-order chi connectivity index (χ1) is 15.9. The molecule has 9 heteroatoms. The molecule has 0 heterocycles. The zero-order chi connectivity index (χ0) is 25.9. The second-order valence-electron chi connectivity index (χ2n) is 9.36. The molecule has 0 aromatic heterocycles. The number of aromatic hydroxyl groups is 1. The molecular weight excluding hydrogens is 454 g/mol. The summed E-state index contributed by atoms with van der Waals surface area (Å²) in [6, 6.07) is 2.98. The highest BCUT2D eigenvalue weighted by atomic mass is 32.1. The number of rotatable bonds is 12. The van der Waals surface area contributed by atoms with Crippen molar-refractivity contribution in [3.8, 4) is 5.75 Å². The van der Waals surface area contributed by atoms with Crippen LogP contribution in [0.15, 0.2) is 18.2 Å². The number of unbranched alkanes of at least 4 members (excludes halogenated alkanes) is 2. The Kier molecular flexibility index (Phi) is 12.3. The van der Waals surface area contributed by atoms with Crippen LogP contribution in [0.5, 0.6) is 5.75 Å². The standard InChI is InChI=1S/C25H41N3O5S/c1-7-9-10-13-26-22(30)21(18-11-12-20(29)17(3)15-18)28(14-8-2)23(31)19(16-34)27-24(32)33-25(4,5)6/h11-12,15,19,21,29,34H,7-10,13-14,16H2,1-6H3,(H,26,30)(H,27,32). The van der Waals surface area contributed by atoms with Crippen LogP contribution in [-0.2, 0) is 14.3 Å². The maximum atomic E-state index is 13.6. The number of benzene rings is 1. The first-order valence-corrected chi connectivity index (χ1v) is 12.6. The molecule has 1 aromatic rings. The maximum absolute atomic E-state index is 13.6. The number of carbonyl (C=O) groups is 3. The highest BCUT2D eigenvalue weighted by molar-refractivity contribution is 7.80. The van der Waals surface area contributed by atoms with Crippen molar-refractivity contribution in [1.29, 1.82) is 0 Å². The van der Waals surface area contributed by atoms with Crippen molar-refractivity contribution in [2.24, 2.45) is 0 Å². The van der Waals surface area contributed by atoms with Gasteiger partial charge in [-0.2, -0.15) is 12.6 Å². The molecule has 3 N–H and O–H groups in total. The van der Waals surface area contributed by atoms with Gasteiger partial charge in [0.2, 0.25) is 11.8 Å². The van der Waals surface area contributed by atoms with Crippen LogP contribution in [0.25, 0.3) is 0 Å². The first kappa shape index (κ1) is 29.6. The van der Waals surface area contributed by atoms with E-state index in [1.54, 1.807) is 39.8 Å². The lowest BCUT2D eigenvalue weighted by atomic mass is 10.00. The van der Waals surface area contributed by atoms with Gasteiger partial charge in [-0.25, -0.2) is 4.79 Å². The molecule has 192 valence electrons. The molecule has 2 unspecified atom stereocenters. The van der Waals surface area contributed by atoms with Gasteiger partial charge in [0.25, 0.3) is 0 Å². The van der Waals surface area contributed by atoms with Crippen LogP contribution in [0.4, 0.5) is 4.79 Å². The van der Waals surface area contributed by atoms with Crippen LogP contribution in [0.1, 0.15) is 77.5 Å². The van der Waals surface area contributed by atoms with E-state index in [0.717, 1.165) is 19.3 Å². The van der Waals surface area contributed by atoms with Gasteiger partial charge < -0.3 is 25.4 Å². The summed E-state index contributed by atoms with van der Waals surface area (Å²) in [6.07, 6.45) is 2.73. The number of phenolic OH excluding ortho intramolecular Hbond substituents is 1. The summed E-state index contributed by atoms with van der Waals surface area (Å²) >= 11 is 4.27. The van der Waals surface area contributed by atoms with Gasteiger partial charge in [0.15, 0.2) is 0 Å². The summed E-state index contributed by atoms with van der Waals surface area (Å²) in [6.45, 7) is 11.7. The summed E-state index contributed by atoms with van der Waals surface area (Å²) in [5, 5.41) is 15.5. The third kappa shape index (κ3) is 9.44. The van der Waals surface area contributed by atoms with Crippen LogP contribution in [0.2, 0.25) is 0 Å². The lowest BCUT2D eigenvalue weighted by Crippen LogP contribution is -2.54. The van der Waals surface area contributed by atoms with Gasteiger partial charge in [-0.05, 0) is 63.8 Å². The van der Waals surface area contributed by atoms with Crippen molar-refractivity contribution in [2.45, 2.75) is 84.9 Å². The number of phenols is 1.